The van der Waals surface area contributed by atoms with Gasteiger partial charge in [0.2, 0.25) is 11.8 Å². The van der Waals surface area contributed by atoms with Gasteiger partial charge in [0, 0.05) is 25.1 Å². The Hall–Kier alpha value is -2.41. The summed E-state index contributed by atoms with van der Waals surface area (Å²) in [5, 5.41) is 2.30. The zero-order valence-corrected chi connectivity index (χ0v) is 14.2. The van der Waals surface area contributed by atoms with Crippen LogP contribution in [0.5, 0.6) is 5.75 Å². The fourth-order valence-corrected chi connectivity index (χ4v) is 3.11. The van der Waals surface area contributed by atoms with E-state index in [-0.39, 0.29) is 18.2 Å². The third-order valence-corrected chi connectivity index (χ3v) is 4.34. The van der Waals surface area contributed by atoms with Crippen molar-refractivity contribution < 1.29 is 23.9 Å². The fourth-order valence-electron chi connectivity index (χ4n) is 3.11. The fraction of sp³-hybridized carbons (Fsp3) is 0.500. The molecule has 0 bridgehead atoms. The Morgan fingerprint density at radius 3 is 2.80 bits per heavy atom. The average Bonchev–Trinajstić information content (AvgIpc) is 2.91. The van der Waals surface area contributed by atoms with Gasteiger partial charge in [-0.3, -0.25) is 19.7 Å². The van der Waals surface area contributed by atoms with Crippen molar-refractivity contribution in [3.8, 4) is 5.75 Å². The highest BCUT2D eigenvalue weighted by Gasteiger charge is 2.39. The molecule has 0 aliphatic carbocycles. The number of fused-ring (bicyclic) bond motifs is 1. The minimum atomic E-state index is -0.593. The van der Waals surface area contributed by atoms with Gasteiger partial charge in [0.05, 0.1) is 6.61 Å². The number of ether oxygens (including phenoxy) is 2. The number of piperidine rings is 1. The molecule has 1 aromatic rings. The Morgan fingerprint density at radius 2 is 2.04 bits per heavy atom. The molecule has 0 radical (unpaired) electrons. The molecule has 1 aromatic carbocycles. The largest absolute Gasteiger partial charge is 0.491 e. The predicted molar refractivity (Wildman–Crippen MR) is 89.1 cm³/mol. The molecular weight excluding hydrogens is 324 g/mol. The Bertz CT molecular complexity index is 688. The molecule has 2 heterocycles. The SMILES string of the molecule is CCCOCCOc1ccc2c(c1)CN(C1CCC(=O)NC1=O)C2=O. The average molecular weight is 346 g/mol. The van der Waals surface area contributed by atoms with Gasteiger partial charge >= 0.3 is 0 Å². The first-order chi connectivity index (χ1) is 12.1. The van der Waals surface area contributed by atoms with Crippen LogP contribution in [-0.4, -0.2) is 48.5 Å². The second kappa shape index (κ2) is 7.65. The van der Waals surface area contributed by atoms with Gasteiger partial charge in [-0.25, -0.2) is 0 Å². The number of amides is 3. The summed E-state index contributed by atoms with van der Waals surface area (Å²) in [5.74, 6) is -0.188. The minimum absolute atomic E-state index is 0.178. The molecule has 0 spiro atoms. The Morgan fingerprint density at radius 1 is 1.20 bits per heavy atom. The van der Waals surface area contributed by atoms with Crippen LogP contribution in [0.15, 0.2) is 18.2 Å². The first-order valence-electron chi connectivity index (χ1n) is 8.58. The van der Waals surface area contributed by atoms with Crippen LogP contribution in [0, 0.1) is 0 Å². The number of benzene rings is 1. The van der Waals surface area contributed by atoms with Gasteiger partial charge in [-0.2, -0.15) is 0 Å². The quantitative estimate of drug-likeness (QED) is 0.593. The smallest absolute Gasteiger partial charge is 0.255 e. The van der Waals surface area contributed by atoms with Crippen molar-refractivity contribution in [2.75, 3.05) is 19.8 Å². The molecule has 134 valence electrons. The van der Waals surface area contributed by atoms with Gasteiger partial charge in [0.15, 0.2) is 0 Å². The molecule has 1 saturated heterocycles. The highest BCUT2D eigenvalue weighted by molar-refractivity contribution is 6.05. The van der Waals surface area contributed by atoms with E-state index in [9.17, 15) is 14.4 Å². The highest BCUT2D eigenvalue weighted by Crippen LogP contribution is 2.30. The molecule has 2 aliphatic rings. The summed E-state index contributed by atoms with van der Waals surface area (Å²) in [4.78, 5) is 37.4. The lowest BCUT2D eigenvalue weighted by Gasteiger charge is -2.29. The number of nitrogens with zero attached hydrogens (tertiary/aromatic N) is 1. The van der Waals surface area contributed by atoms with Gasteiger partial charge in [0.25, 0.3) is 5.91 Å². The molecule has 0 aromatic heterocycles. The molecule has 7 nitrogen and oxygen atoms in total. The number of carbonyl (C=O) groups is 3. The van der Waals surface area contributed by atoms with Crippen LogP contribution in [0.3, 0.4) is 0 Å². The van der Waals surface area contributed by atoms with Gasteiger partial charge in [-0.1, -0.05) is 6.92 Å². The van der Waals surface area contributed by atoms with Gasteiger partial charge in [0.1, 0.15) is 18.4 Å². The second-order valence-corrected chi connectivity index (χ2v) is 6.18. The lowest BCUT2D eigenvalue weighted by atomic mass is 10.0. The molecule has 1 fully saturated rings. The number of rotatable bonds is 7. The summed E-state index contributed by atoms with van der Waals surface area (Å²) in [7, 11) is 0. The number of hydrogen-bond acceptors (Lipinski definition) is 5. The molecule has 1 N–H and O–H groups in total. The molecule has 1 atom stereocenters. The Balaban J connectivity index is 1.63. The van der Waals surface area contributed by atoms with E-state index in [0.29, 0.717) is 44.1 Å². The number of imide groups is 1. The van der Waals surface area contributed by atoms with Crippen molar-refractivity contribution in [1.82, 2.24) is 10.2 Å². The monoisotopic (exact) mass is 346 g/mol. The van der Waals surface area contributed by atoms with Crippen LogP contribution in [0.25, 0.3) is 0 Å². The number of carbonyl (C=O) groups excluding carboxylic acids is 3. The summed E-state index contributed by atoms with van der Waals surface area (Å²) in [6.45, 7) is 4.08. The molecule has 25 heavy (non-hydrogen) atoms. The van der Waals surface area contributed by atoms with Crippen molar-refractivity contribution >= 4 is 17.7 Å². The van der Waals surface area contributed by atoms with Crippen molar-refractivity contribution in [2.24, 2.45) is 0 Å². The molecule has 3 rings (SSSR count). The van der Waals surface area contributed by atoms with Gasteiger partial charge in [-0.05, 0) is 36.6 Å². The number of nitrogens with one attached hydrogen (secondary N) is 1. The van der Waals surface area contributed by atoms with Crippen LogP contribution >= 0.6 is 0 Å². The Labute approximate surface area is 146 Å². The van der Waals surface area contributed by atoms with Crippen LogP contribution < -0.4 is 10.1 Å². The van der Waals surface area contributed by atoms with Crippen LogP contribution in [-0.2, 0) is 20.9 Å². The van der Waals surface area contributed by atoms with Crippen molar-refractivity contribution in [1.29, 1.82) is 0 Å². The lowest BCUT2D eigenvalue weighted by Crippen LogP contribution is -2.52. The summed E-state index contributed by atoms with van der Waals surface area (Å²) < 4.78 is 11.0. The first-order valence-corrected chi connectivity index (χ1v) is 8.58. The van der Waals surface area contributed by atoms with E-state index in [1.807, 2.05) is 13.0 Å². The van der Waals surface area contributed by atoms with Crippen molar-refractivity contribution in [3.63, 3.8) is 0 Å². The lowest BCUT2D eigenvalue weighted by molar-refractivity contribution is -0.136. The second-order valence-electron chi connectivity index (χ2n) is 6.18. The molecule has 1 unspecified atom stereocenters. The third-order valence-electron chi connectivity index (χ3n) is 4.34. The summed E-state index contributed by atoms with van der Waals surface area (Å²) in [6.07, 6.45) is 1.59. The highest BCUT2D eigenvalue weighted by atomic mass is 16.5. The van der Waals surface area contributed by atoms with E-state index >= 15 is 0 Å². The standard InChI is InChI=1S/C18H22N2O5/c1-2-7-24-8-9-25-13-3-4-14-12(10-13)11-20(18(14)23)15-5-6-16(21)19-17(15)22/h3-4,10,15H,2,5-9,11H2,1H3,(H,19,21,22). The van der Waals surface area contributed by atoms with Crippen LogP contribution in [0.2, 0.25) is 0 Å². The summed E-state index contributed by atoms with van der Waals surface area (Å²) >= 11 is 0. The van der Waals surface area contributed by atoms with Crippen molar-refractivity contribution in [3.05, 3.63) is 29.3 Å². The minimum Gasteiger partial charge on any atom is -0.491 e. The molecular formula is C18H22N2O5. The maximum Gasteiger partial charge on any atom is 0.255 e. The summed E-state index contributed by atoms with van der Waals surface area (Å²) in [6, 6.07) is 4.72. The van der Waals surface area contributed by atoms with Gasteiger partial charge < -0.3 is 14.4 Å². The first kappa shape index (κ1) is 17.4. The van der Waals surface area contributed by atoms with E-state index in [1.165, 1.54) is 4.90 Å². The maximum atomic E-state index is 12.6. The van der Waals surface area contributed by atoms with Crippen LogP contribution in [0.1, 0.15) is 42.1 Å². The zero-order valence-electron chi connectivity index (χ0n) is 14.2. The van der Waals surface area contributed by atoms with E-state index in [4.69, 9.17) is 9.47 Å². The number of hydrogen-bond donors (Lipinski definition) is 1. The van der Waals surface area contributed by atoms with Crippen LogP contribution in [0.4, 0.5) is 0 Å². The molecule has 2 aliphatic heterocycles. The topological polar surface area (TPSA) is 84.9 Å². The molecule has 7 heteroatoms. The van der Waals surface area contributed by atoms with E-state index in [0.717, 1.165) is 12.0 Å². The molecule has 0 saturated carbocycles. The zero-order chi connectivity index (χ0) is 17.8. The molecule has 3 amide bonds. The third kappa shape index (κ3) is 3.82. The maximum absolute atomic E-state index is 12.6. The van der Waals surface area contributed by atoms with Crippen molar-refractivity contribution in [2.45, 2.75) is 38.8 Å². The van der Waals surface area contributed by atoms with E-state index < -0.39 is 11.9 Å². The Kier molecular flexibility index (Phi) is 5.33. The predicted octanol–water partition coefficient (Wildman–Crippen LogP) is 1.25. The van der Waals surface area contributed by atoms with E-state index in [1.54, 1.807) is 12.1 Å². The van der Waals surface area contributed by atoms with E-state index in [2.05, 4.69) is 5.32 Å². The van der Waals surface area contributed by atoms with Gasteiger partial charge in [-0.15, -0.1) is 0 Å². The summed E-state index contributed by atoms with van der Waals surface area (Å²) in [5.41, 5.74) is 1.42. The normalized spacial score (nSPS) is 19.8.